The van der Waals surface area contributed by atoms with E-state index < -0.39 is 0 Å². The molecule has 1 aromatic heterocycles. The third-order valence-corrected chi connectivity index (χ3v) is 2.87. The van der Waals surface area contributed by atoms with Crippen molar-refractivity contribution in [2.45, 2.75) is 6.54 Å². The van der Waals surface area contributed by atoms with Gasteiger partial charge >= 0.3 is 5.69 Å². The van der Waals surface area contributed by atoms with Crippen LogP contribution in [0.15, 0.2) is 29.3 Å². The van der Waals surface area contributed by atoms with E-state index in [0.717, 1.165) is 4.68 Å². The lowest BCUT2D eigenvalue weighted by Gasteiger charge is -2.02. The van der Waals surface area contributed by atoms with Crippen LogP contribution in [-0.2, 0) is 13.6 Å². The Balaban J connectivity index is 1.85. The molecule has 0 saturated heterocycles. The Morgan fingerprint density at radius 3 is 2.89 bits per heavy atom. The molecule has 2 aromatic rings. The number of hydrogen-bond acceptors (Lipinski definition) is 5. The normalized spacial score (nSPS) is 12.7. The van der Waals surface area contributed by atoms with Crippen LogP contribution in [0.4, 0.5) is 0 Å². The number of rotatable bonds is 3. The van der Waals surface area contributed by atoms with Crippen molar-refractivity contribution in [1.29, 1.82) is 0 Å². The highest BCUT2D eigenvalue weighted by Gasteiger charge is 2.17. The highest BCUT2D eigenvalue weighted by Crippen LogP contribution is 2.32. The smallest absolute Gasteiger partial charge is 0.345 e. The minimum Gasteiger partial charge on any atom is -0.454 e. The minimum atomic E-state index is -0.325. The van der Waals surface area contributed by atoms with E-state index in [-0.39, 0.29) is 24.8 Å². The molecule has 0 saturated carbocycles. The molecule has 19 heavy (non-hydrogen) atoms. The second kappa shape index (κ2) is 4.27. The molecule has 1 aliphatic heterocycles. The second-order valence-corrected chi connectivity index (χ2v) is 4.17. The summed E-state index contributed by atoms with van der Waals surface area (Å²) in [5.74, 6) is 0.949. The van der Waals surface area contributed by atoms with Crippen molar-refractivity contribution in [2.75, 3.05) is 6.79 Å². The Bertz CT molecular complexity index is 701. The van der Waals surface area contributed by atoms with Gasteiger partial charge in [0.15, 0.2) is 17.3 Å². The standard InChI is InChI=1S/C12H11N3O4/c1-14-6-13-15(12(14)17)5-9(16)8-2-3-10-11(4-8)19-7-18-10/h2-4,6H,5,7H2,1H3. The van der Waals surface area contributed by atoms with Crippen LogP contribution < -0.4 is 15.2 Å². The van der Waals surface area contributed by atoms with Gasteiger partial charge in [0.05, 0.1) is 0 Å². The molecular weight excluding hydrogens is 250 g/mol. The molecule has 0 amide bonds. The molecule has 1 aromatic carbocycles. The molecule has 1 aliphatic rings. The van der Waals surface area contributed by atoms with Crippen molar-refractivity contribution in [3.63, 3.8) is 0 Å². The van der Waals surface area contributed by atoms with Gasteiger partial charge in [-0.25, -0.2) is 9.48 Å². The van der Waals surface area contributed by atoms with E-state index in [1.165, 1.54) is 10.9 Å². The number of ether oxygens (including phenoxy) is 2. The van der Waals surface area contributed by atoms with Crippen LogP contribution in [0.2, 0.25) is 0 Å². The van der Waals surface area contributed by atoms with Gasteiger partial charge in [0.2, 0.25) is 6.79 Å². The van der Waals surface area contributed by atoms with E-state index in [9.17, 15) is 9.59 Å². The topological polar surface area (TPSA) is 75.3 Å². The first-order chi connectivity index (χ1) is 9.15. The van der Waals surface area contributed by atoms with E-state index in [1.807, 2.05) is 0 Å². The first kappa shape index (κ1) is 11.5. The van der Waals surface area contributed by atoms with Crippen molar-refractivity contribution >= 4 is 5.78 Å². The van der Waals surface area contributed by atoms with Crippen LogP contribution in [0, 0.1) is 0 Å². The Hall–Kier alpha value is -2.57. The third kappa shape index (κ3) is 1.99. The molecule has 0 aliphatic carbocycles. The number of carbonyl (C=O) groups excluding carboxylic acids is 1. The monoisotopic (exact) mass is 261 g/mol. The van der Waals surface area contributed by atoms with Crippen LogP contribution in [0.5, 0.6) is 11.5 Å². The molecule has 0 radical (unpaired) electrons. The van der Waals surface area contributed by atoms with E-state index in [4.69, 9.17) is 9.47 Å². The molecule has 0 bridgehead atoms. The van der Waals surface area contributed by atoms with E-state index in [1.54, 1.807) is 25.2 Å². The summed E-state index contributed by atoms with van der Waals surface area (Å²) < 4.78 is 12.8. The maximum Gasteiger partial charge on any atom is 0.345 e. The number of Topliss-reactive ketones (excluding diaryl/α,β-unsaturated/α-hetero) is 1. The Labute approximate surface area is 108 Å². The first-order valence-electron chi connectivity index (χ1n) is 5.66. The third-order valence-electron chi connectivity index (χ3n) is 2.87. The number of benzene rings is 1. The Morgan fingerprint density at radius 1 is 1.37 bits per heavy atom. The fourth-order valence-electron chi connectivity index (χ4n) is 1.83. The van der Waals surface area contributed by atoms with E-state index in [2.05, 4.69) is 5.10 Å². The molecule has 0 atom stereocenters. The maximum absolute atomic E-state index is 12.1. The Kier molecular flexibility index (Phi) is 2.59. The summed E-state index contributed by atoms with van der Waals surface area (Å²) in [5.41, 5.74) is 0.135. The average molecular weight is 261 g/mol. The van der Waals surface area contributed by atoms with Crippen molar-refractivity contribution in [3.05, 3.63) is 40.6 Å². The second-order valence-electron chi connectivity index (χ2n) is 4.17. The van der Waals surface area contributed by atoms with Crippen LogP contribution in [0.3, 0.4) is 0 Å². The molecule has 7 heteroatoms. The zero-order valence-electron chi connectivity index (χ0n) is 10.2. The SMILES string of the molecule is Cn1cnn(CC(=O)c2ccc3c(c2)OCO3)c1=O. The highest BCUT2D eigenvalue weighted by atomic mass is 16.7. The zero-order chi connectivity index (χ0) is 13.4. The number of fused-ring (bicyclic) bond motifs is 1. The van der Waals surface area contributed by atoms with Gasteiger partial charge in [-0.3, -0.25) is 9.36 Å². The summed E-state index contributed by atoms with van der Waals surface area (Å²) in [5, 5.41) is 3.84. The van der Waals surface area contributed by atoms with Crippen molar-refractivity contribution in [3.8, 4) is 11.5 Å². The first-order valence-corrected chi connectivity index (χ1v) is 5.66. The quantitative estimate of drug-likeness (QED) is 0.737. The van der Waals surface area contributed by atoms with Gasteiger partial charge < -0.3 is 9.47 Å². The van der Waals surface area contributed by atoms with Gasteiger partial charge in [-0.2, -0.15) is 5.10 Å². The van der Waals surface area contributed by atoms with Crippen molar-refractivity contribution in [1.82, 2.24) is 14.3 Å². The summed E-state index contributed by atoms with van der Waals surface area (Å²) >= 11 is 0. The van der Waals surface area contributed by atoms with Crippen LogP contribution >= 0.6 is 0 Å². The lowest BCUT2D eigenvalue weighted by atomic mass is 10.1. The Morgan fingerprint density at radius 2 is 2.16 bits per heavy atom. The van der Waals surface area contributed by atoms with Gasteiger partial charge in [-0.1, -0.05) is 0 Å². The number of aromatic nitrogens is 3. The van der Waals surface area contributed by atoms with E-state index in [0.29, 0.717) is 17.1 Å². The van der Waals surface area contributed by atoms with Crippen molar-refractivity contribution in [2.24, 2.45) is 7.05 Å². The predicted octanol–water partition coefficient (Wildman–Crippen LogP) is 0.193. The summed E-state index contributed by atoms with van der Waals surface area (Å²) in [7, 11) is 1.58. The lowest BCUT2D eigenvalue weighted by molar-refractivity contribution is 0.0965. The maximum atomic E-state index is 12.1. The molecule has 0 unspecified atom stereocenters. The van der Waals surface area contributed by atoms with Crippen LogP contribution in [0.25, 0.3) is 0 Å². The molecule has 0 fully saturated rings. The number of ketones is 1. The number of hydrogen-bond donors (Lipinski definition) is 0. The van der Waals surface area contributed by atoms with Crippen LogP contribution in [-0.4, -0.2) is 26.9 Å². The van der Waals surface area contributed by atoms with Gasteiger partial charge in [0.1, 0.15) is 12.9 Å². The molecule has 7 nitrogen and oxygen atoms in total. The molecule has 0 N–H and O–H groups in total. The molecule has 3 rings (SSSR count). The number of aryl methyl sites for hydroxylation is 1. The van der Waals surface area contributed by atoms with Gasteiger partial charge in [0, 0.05) is 12.6 Å². The highest BCUT2D eigenvalue weighted by molar-refractivity contribution is 5.96. The summed E-state index contributed by atoms with van der Waals surface area (Å²) in [4.78, 5) is 23.7. The fourth-order valence-corrected chi connectivity index (χ4v) is 1.83. The minimum absolute atomic E-state index is 0.0979. The van der Waals surface area contributed by atoms with Gasteiger partial charge in [0.25, 0.3) is 0 Å². The fraction of sp³-hybridized carbons (Fsp3) is 0.250. The van der Waals surface area contributed by atoms with Crippen LogP contribution in [0.1, 0.15) is 10.4 Å². The van der Waals surface area contributed by atoms with Gasteiger partial charge in [-0.05, 0) is 18.2 Å². The predicted molar refractivity (Wildman–Crippen MR) is 64.4 cm³/mol. The average Bonchev–Trinajstić information content (AvgIpc) is 2.99. The molecule has 0 spiro atoms. The largest absolute Gasteiger partial charge is 0.454 e. The molecular formula is C12H11N3O4. The van der Waals surface area contributed by atoms with E-state index >= 15 is 0 Å². The lowest BCUT2D eigenvalue weighted by Crippen LogP contribution is -2.26. The molecule has 2 heterocycles. The summed E-state index contributed by atoms with van der Waals surface area (Å²) in [6.45, 7) is 0.0615. The summed E-state index contributed by atoms with van der Waals surface area (Å²) in [6, 6.07) is 4.93. The van der Waals surface area contributed by atoms with Crippen molar-refractivity contribution < 1.29 is 14.3 Å². The zero-order valence-corrected chi connectivity index (χ0v) is 10.2. The summed E-state index contributed by atoms with van der Waals surface area (Å²) in [6.07, 6.45) is 1.37. The number of carbonyl (C=O) groups is 1. The molecule has 98 valence electrons. The van der Waals surface area contributed by atoms with Gasteiger partial charge in [-0.15, -0.1) is 0 Å². The number of nitrogens with zero attached hydrogens (tertiary/aromatic N) is 3.